The molecular weight excluding hydrogens is 282 g/mol. The summed E-state index contributed by atoms with van der Waals surface area (Å²) in [4.78, 5) is 12.6. The summed E-state index contributed by atoms with van der Waals surface area (Å²) in [6, 6.07) is 1.82. The van der Waals surface area contributed by atoms with Crippen molar-refractivity contribution in [3.8, 4) is 0 Å². The third-order valence-corrected chi connectivity index (χ3v) is 5.28. The minimum absolute atomic E-state index is 0.396. The Hall–Kier alpha value is -1.40. The Labute approximate surface area is 117 Å². The predicted octanol–water partition coefficient (Wildman–Crippen LogP) is 2.44. The van der Waals surface area contributed by atoms with Crippen molar-refractivity contribution in [2.75, 3.05) is 10.6 Å². The summed E-state index contributed by atoms with van der Waals surface area (Å²) in [6.45, 7) is 7.36. The van der Waals surface area contributed by atoms with Crippen LogP contribution in [0.15, 0.2) is 36.8 Å². The van der Waals surface area contributed by atoms with Gasteiger partial charge in [-0.2, -0.15) is 4.31 Å². The van der Waals surface area contributed by atoms with Crippen LogP contribution in [0.3, 0.4) is 0 Å². The van der Waals surface area contributed by atoms with Crippen LogP contribution in [0.2, 0.25) is 0 Å². The van der Waals surface area contributed by atoms with Crippen molar-refractivity contribution in [1.82, 2.24) is 0 Å². The van der Waals surface area contributed by atoms with Gasteiger partial charge in [0.25, 0.3) is 5.91 Å². The van der Waals surface area contributed by atoms with Crippen molar-refractivity contribution < 1.29 is 13.2 Å². The van der Waals surface area contributed by atoms with E-state index in [0.717, 1.165) is 16.1 Å². The third-order valence-electron chi connectivity index (χ3n) is 3.26. The van der Waals surface area contributed by atoms with Crippen LogP contribution in [0.25, 0.3) is 0 Å². The fraction of sp³-hybridized carbons (Fsp3) is 0.308. The summed E-state index contributed by atoms with van der Waals surface area (Å²) in [6.07, 6.45) is 5.14. The SMILES string of the molecule is C=CCC1(CC=C)C(=O)N(S(C)(=O)=O)c2sccc21. The van der Waals surface area contributed by atoms with Gasteiger partial charge in [-0.1, -0.05) is 12.2 Å². The van der Waals surface area contributed by atoms with Crippen molar-refractivity contribution in [3.05, 3.63) is 42.3 Å². The quantitative estimate of drug-likeness (QED) is 0.784. The average Bonchev–Trinajstić information content (AvgIpc) is 2.82. The van der Waals surface area contributed by atoms with Gasteiger partial charge in [-0.15, -0.1) is 24.5 Å². The van der Waals surface area contributed by atoms with Crippen LogP contribution in [0.5, 0.6) is 0 Å². The van der Waals surface area contributed by atoms with Gasteiger partial charge in [-0.25, -0.2) is 8.42 Å². The van der Waals surface area contributed by atoms with Crippen LogP contribution in [0.4, 0.5) is 5.00 Å². The van der Waals surface area contributed by atoms with E-state index < -0.39 is 21.3 Å². The Bertz CT molecular complexity index is 633. The molecule has 0 saturated carbocycles. The third kappa shape index (κ3) is 1.95. The topological polar surface area (TPSA) is 54.5 Å². The number of nitrogens with zero attached hydrogens (tertiary/aromatic N) is 1. The molecule has 0 fully saturated rings. The lowest BCUT2D eigenvalue weighted by atomic mass is 9.77. The zero-order valence-electron chi connectivity index (χ0n) is 10.6. The lowest BCUT2D eigenvalue weighted by molar-refractivity contribution is -0.121. The van der Waals surface area contributed by atoms with Gasteiger partial charge < -0.3 is 0 Å². The van der Waals surface area contributed by atoms with Gasteiger partial charge in [0, 0.05) is 5.56 Å². The second-order valence-corrected chi connectivity index (χ2v) is 7.27. The lowest BCUT2D eigenvalue weighted by Crippen LogP contribution is -2.42. The Morgan fingerprint density at radius 1 is 1.37 bits per heavy atom. The summed E-state index contributed by atoms with van der Waals surface area (Å²) in [7, 11) is -3.62. The first-order valence-corrected chi connectivity index (χ1v) is 8.46. The number of allylic oxidation sites excluding steroid dienone is 2. The van der Waals surface area contributed by atoms with Crippen LogP contribution in [-0.4, -0.2) is 20.6 Å². The highest BCUT2D eigenvalue weighted by molar-refractivity contribution is 7.93. The number of thiophene rings is 1. The second kappa shape index (κ2) is 4.61. The summed E-state index contributed by atoms with van der Waals surface area (Å²) in [5, 5.41) is 2.30. The summed E-state index contributed by atoms with van der Waals surface area (Å²) in [5.41, 5.74) is -0.116. The van der Waals surface area contributed by atoms with Gasteiger partial charge >= 0.3 is 0 Å². The standard InChI is InChI=1S/C13H15NO3S2/c1-4-7-13(8-5-2)10-6-9-18-11(10)14(12(13)15)19(3,16)17/h4-6,9H,1-2,7-8H2,3H3. The minimum Gasteiger partial charge on any atom is -0.272 e. The van der Waals surface area contributed by atoms with Gasteiger partial charge in [0.15, 0.2) is 0 Å². The Morgan fingerprint density at radius 3 is 2.42 bits per heavy atom. The Balaban J connectivity index is 2.69. The molecule has 0 saturated heterocycles. The zero-order valence-corrected chi connectivity index (χ0v) is 12.3. The molecule has 0 atom stereocenters. The number of fused-ring (bicyclic) bond motifs is 1. The van der Waals surface area contributed by atoms with Crippen LogP contribution < -0.4 is 4.31 Å². The highest BCUT2D eigenvalue weighted by Gasteiger charge is 2.53. The second-order valence-electron chi connectivity index (χ2n) is 4.54. The maximum atomic E-state index is 12.6. The molecule has 1 amide bonds. The van der Waals surface area contributed by atoms with Gasteiger partial charge in [0.1, 0.15) is 5.00 Å². The van der Waals surface area contributed by atoms with Crippen molar-refractivity contribution in [1.29, 1.82) is 0 Å². The molecule has 1 aliphatic rings. The number of carbonyl (C=O) groups is 1. The molecule has 0 bridgehead atoms. The number of amides is 1. The molecule has 1 aromatic heterocycles. The van der Waals surface area contributed by atoms with E-state index in [1.165, 1.54) is 11.3 Å². The molecule has 0 unspecified atom stereocenters. The number of hydrogen-bond donors (Lipinski definition) is 0. The number of rotatable bonds is 5. The fourth-order valence-corrected chi connectivity index (χ4v) is 4.81. The highest BCUT2D eigenvalue weighted by Crippen LogP contribution is 2.50. The van der Waals surface area contributed by atoms with Crippen LogP contribution in [0.1, 0.15) is 18.4 Å². The molecule has 2 rings (SSSR count). The first kappa shape index (κ1) is 14.0. The first-order chi connectivity index (χ1) is 8.88. The maximum absolute atomic E-state index is 12.6. The Morgan fingerprint density at radius 2 is 1.95 bits per heavy atom. The molecule has 1 aliphatic heterocycles. The lowest BCUT2D eigenvalue weighted by Gasteiger charge is -2.25. The number of sulfonamides is 1. The smallest absolute Gasteiger partial charge is 0.252 e. The van der Waals surface area contributed by atoms with Crippen molar-refractivity contribution in [2.45, 2.75) is 18.3 Å². The molecule has 0 aromatic carbocycles. The van der Waals surface area contributed by atoms with Gasteiger partial charge in [-0.05, 0) is 24.3 Å². The van der Waals surface area contributed by atoms with Crippen molar-refractivity contribution >= 4 is 32.3 Å². The molecule has 6 heteroatoms. The largest absolute Gasteiger partial charge is 0.272 e. The van der Waals surface area contributed by atoms with E-state index in [1.54, 1.807) is 17.5 Å². The normalized spacial score (nSPS) is 17.3. The van der Waals surface area contributed by atoms with Crippen molar-refractivity contribution in [3.63, 3.8) is 0 Å². The molecular formula is C13H15NO3S2. The monoisotopic (exact) mass is 297 g/mol. The summed E-state index contributed by atoms with van der Waals surface area (Å²) >= 11 is 1.26. The van der Waals surface area contributed by atoms with E-state index in [4.69, 9.17) is 0 Å². The van der Waals surface area contributed by atoms with E-state index >= 15 is 0 Å². The van der Waals surface area contributed by atoms with Gasteiger partial charge in [0.2, 0.25) is 10.0 Å². The fourth-order valence-electron chi connectivity index (χ4n) is 2.50. The van der Waals surface area contributed by atoms with E-state index in [9.17, 15) is 13.2 Å². The molecule has 19 heavy (non-hydrogen) atoms. The van der Waals surface area contributed by atoms with Crippen LogP contribution in [0, 0.1) is 0 Å². The average molecular weight is 297 g/mol. The van der Waals surface area contributed by atoms with E-state index in [-0.39, 0.29) is 0 Å². The van der Waals surface area contributed by atoms with E-state index in [1.807, 2.05) is 6.07 Å². The molecule has 2 heterocycles. The zero-order chi connectivity index (χ0) is 14.3. The van der Waals surface area contributed by atoms with Crippen LogP contribution in [-0.2, 0) is 20.2 Å². The highest BCUT2D eigenvalue weighted by atomic mass is 32.2. The first-order valence-electron chi connectivity index (χ1n) is 5.73. The summed E-state index contributed by atoms with van der Waals surface area (Å²) < 4.78 is 24.6. The van der Waals surface area contributed by atoms with Gasteiger partial charge in [0.05, 0.1) is 11.7 Å². The molecule has 0 spiro atoms. The summed E-state index contributed by atoms with van der Waals surface area (Å²) in [5.74, 6) is -0.406. The predicted molar refractivity (Wildman–Crippen MR) is 78.0 cm³/mol. The molecule has 1 aromatic rings. The molecule has 0 N–H and O–H groups in total. The number of carbonyl (C=O) groups excluding carboxylic acids is 1. The maximum Gasteiger partial charge on any atom is 0.252 e. The van der Waals surface area contributed by atoms with Crippen molar-refractivity contribution in [2.24, 2.45) is 0 Å². The molecule has 0 radical (unpaired) electrons. The number of anilines is 1. The molecule has 4 nitrogen and oxygen atoms in total. The Kier molecular flexibility index (Phi) is 3.40. The molecule has 0 aliphatic carbocycles. The minimum atomic E-state index is -3.62. The molecule has 102 valence electrons. The van der Waals surface area contributed by atoms with Gasteiger partial charge in [-0.3, -0.25) is 4.79 Å². The number of hydrogen-bond acceptors (Lipinski definition) is 4. The van der Waals surface area contributed by atoms with E-state index in [0.29, 0.717) is 17.8 Å². The van der Waals surface area contributed by atoms with E-state index in [2.05, 4.69) is 13.2 Å². The van der Waals surface area contributed by atoms with Crippen LogP contribution >= 0.6 is 11.3 Å².